The summed E-state index contributed by atoms with van der Waals surface area (Å²) < 4.78 is 38.7. The van der Waals surface area contributed by atoms with Crippen LogP contribution < -0.4 is 5.32 Å². The first kappa shape index (κ1) is 13.7. The molecule has 0 bridgehead atoms. The minimum absolute atomic E-state index is 0.226. The Kier molecular flexibility index (Phi) is 3.59. The molecular formula is C16H18F3N. The average Bonchev–Trinajstić information content (AvgIpc) is 2.99. The maximum Gasteiger partial charge on any atom is 0.416 e. The molecule has 2 aliphatic rings. The van der Waals surface area contributed by atoms with Gasteiger partial charge < -0.3 is 5.32 Å². The van der Waals surface area contributed by atoms with Gasteiger partial charge in [-0.1, -0.05) is 36.8 Å². The van der Waals surface area contributed by atoms with Crippen LogP contribution in [0.4, 0.5) is 13.2 Å². The third-order valence-electron chi connectivity index (χ3n) is 4.54. The summed E-state index contributed by atoms with van der Waals surface area (Å²) in [6.07, 6.45) is 2.94. The number of benzene rings is 1. The Morgan fingerprint density at radius 2 is 1.95 bits per heavy atom. The van der Waals surface area contributed by atoms with Crippen LogP contribution in [-0.2, 0) is 6.18 Å². The number of halogens is 3. The van der Waals surface area contributed by atoms with Crippen LogP contribution in [-0.4, -0.2) is 12.6 Å². The van der Waals surface area contributed by atoms with Crippen molar-refractivity contribution in [3.8, 4) is 0 Å². The molecule has 1 saturated carbocycles. The number of fused-ring (bicyclic) bond motifs is 1. The normalized spacial score (nSPS) is 30.1. The van der Waals surface area contributed by atoms with Gasteiger partial charge in [0, 0.05) is 6.04 Å². The van der Waals surface area contributed by atoms with E-state index in [4.69, 9.17) is 0 Å². The van der Waals surface area contributed by atoms with E-state index in [1.54, 1.807) is 12.1 Å². The summed E-state index contributed by atoms with van der Waals surface area (Å²) in [6, 6.07) is 5.97. The predicted octanol–water partition coefficient (Wildman–Crippen LogP) is 4.11. The molecule has 1 N–H and O–H groups in total. The van der Waals surface area contributed by atoms with Gasteiger partial charge in [-0.2, -0.15) is 13.2 Å². The minimum Gasteiger partial charge on any atom is -0.310 e. The molecule has 1 aliphatic carbocycles. The maximum absolute atomic E-state index is 12.9. The van der Waals surface area contributed by atoms with Crippen molar-refractivity contribution in [2.45, 2.75) is 31.5 Å². The quantitative estimate of drug-likeness (QED) is 0.860. The fourth-order valence-corrected chi connectivity index (χ4v) is 3.55. The Bertz CT molecular complexity index is 507. The zero-order chi connectivity index (χ0) is 14.2. The highest BCUT2D eigenvalue weighted by atomic mass is 19.4. The van der Waals surface area contributed by atoms with E-state index in [-0.39, 0.29) is 11.6 Å². The van der Waals surface area contributed by atoms with Gasteiger partial charge in [0.05, 0.1) is 5.56 Å². The van der Waals surface area contributed by atoms with Gasteiger partial charge in [0.1, 0.15) is 0 Å². The van der Waals surface area contributed by atoms with Crippen molar-refractivity contribution in [3.05, 3.63) is 41.5 Å². The topological polar surface area (TPSA) is 12.0 Å². The van der Waals surface area contributed by atoms with E-state index in [1.165, 1.54) is 31.4 Å². The Morgan fingerprint density at radius 1 is 1.15 bits per heavy atom. The molecule has 4 heteroatoms. The van der Waals surface area contributed by atoms with E-state index in [1.807, 2.05) is 6.08 Å². The second kappa shape index (κ2) is 5.24. The van der Waals surface area contributed by atoms with Crippen LogP contribution in [0.15, 0.2) is 30.3 Å². The molecule has 3 rings (SSSR count). The second-order valence-electron chi connectivity index (χ2n) is 5.73. The van der Waals surface area contributed by atoms with Crippen molar-refractivity contribution in [3.63, 3.8) is 0 Å². The van der Waals surface area contributed by atoms with Crippen molar-refractivity contribution in [2.75, 3.05) is 6.54 Å². The smallest absolute Gasteiger partial charge is 0.310 e. The van der Waals surface area contributed by atoms with Crippen molar-refractivity contribution >= 4 is 6.08 Å². The minimum atomic E-state index is -4.29. The fraction of sp³-hybridized carbons (Fsp3) is 0.500. The molecule has 3 unspecified atom stereocenters. The zero-order valence-corrected chi connectivity index (χ0v) is 11.2. The monoisotopic (exact) mass is 281 g/mol. The highest BCUT2D eigenvalue weighted by Gasteiger charge is 2.37. The zero-order valence-electron chi connectivity index (χ0n) is 11.2. The number of hydrogen-bond acceptors (Lipinski definition) is 1. The summed E-state index contributed by atoms with van der Waals surface area (Å²) in [4.78, 5) is 0. The van der Waals surface area contributed by atoms with Crippen molar-refractivity contribution < 1.29 is 13.2 Å². The summed E-state index contributed by atoms with van der Waals surface area (Å²) >= 11 is 0. The SMILES string of the molecule is FC(F)(F)c1ccccc1/C=C/C1NCC2CCCC21. The van der Waals surface area contributed by atoms with Gasteiger partial charge in [0.15, 0.2) is 0 Å². The molecule has 20 heavy (non-hydrogen) atoms. The van der Waals surface area contributed by atoms with Gasteiger partial charge >= 0.3 is 6.18 Å². The number of alkyl halides is 3. The summed E-state index contributed by atoms with van der Waals surface area (Å²) in [7, 11) is 0. The number of rotatable bonds is 2. The molecule has 1 aromatic rings. The van der Waals surface area contributed by atoms with Gasteiger partial charge in [-0.25, -0.2) is 0 Å². The van der Waals surface area contributed by atoms with Crippen LogP contribution in [0.5, 0.6) is 0 Å². The lowest BCUT2D eigenvalue weighted by atomic mass is 9.93. The van der Waals surface area contributed by atoms with Crippen LogP contribution >= 0.6 is 0 Å². The summed E-state index contributed by atoms with van der Waals surface area (Å²) in [5.74, 6) is 1.31. The van der Waals surface area contributed by atoms with Crippen molar-refractivity contribution in [1.82, 2.24) is 5.32 Å². The van der Waals surface area contributed by atoms with Crippen LogP contribution in [0.3, 0.4) is 0 Å². The number of nitrogens with one attached hydrogen (secondary N) is 1. The molecule has 0 radical (unpaired) electrons. The molecule has 0 spiro atoms. The first-order chi connectivity index (χ1) is 9.55. The third kappa shape index (κ3) is 2.62. The van der Waals surface area contributed by atoms with Gasteiger partial charge in [-0.05, 0) is 42.9 Å². The van der Waals surface area contributed by atoms with Gasteiger partial charge in [-0.3, -0.25) is 0 Å². The lowest BCUT2D eigenvalue weighted by Crippen LogP contribution is -2.24. The fourth-order valence-electron chi connectivity index (χ4n) is 3.55. The molecule has 1 nitrogen and oxygen atoms in total. The van der Waals surface area contributed by atoms with Crippen molar-refractivity contribution in [2.24, 2.45) is 11.8 Å². The van der Waals surface area contributed by atoms with E-state index in [2.05, 4.69) is 5.32 Å². The van der Waals surface area contributed by atoms with Gasteiger partial charge in [0.25, 0.3) is 0 Å². The first-order valence-corrected chi connectivity index (χ1v) is 7.13. The van der Waals surface area contributed by atoms with E-state index >= 15 is 0 Å². The molecule has 108 valence electrons. The van der Waals surface area contributed by atoms with Crippen LogP contribution in [0.2, 0.25) is 0 Å². The number of hydrogen-bond donors (Lipinski definition) is 1. The van der Waals surface area contributed by atoms with E-state index in [0.29, 0.717) is 11.8 Å². The Morgan fingerprint density at radius 3 is 2.75 bits per heavy atom. The Hall–Kier alpha value is -1.29. The predicted molar refractivity (Wildman–Crippen MR) is 73.1 cm³/mol. The molecule has 2 fully saturated rings. The first-order valence-electron chi connectivity index (χ1n) is 7.13. The summed E-state index contributed by atoms with van der Waals surface area (Å²) in [5.41, 5.74) is -0.305. The standard InChI is InChI=1S/C16H18F3N/c17-16(18,19)14-7-2-1-4-11(14)8-9-15-13-6-3-5-12(13)10-20-15/h1-2,4,7-9,12-13,15,20H,3,5-6,10H2/b9-8+. The van der Waals surface area contributed by atoms with E-state index < -0.39 is 11.7 Å². The highest BCUT2D eigenvalue weighted by Crippen LogP contribution is 2.38. The van der Waals surface area contributed by atoms with E-state index in [0.717, 1.165) is 12.6 Å². The lowest BCUT2D eigenvalue weighted by Gasteiger charge is -2.14. The summed E-state index contributed by atoms with van der Waals surface area (Å²) in [5, 5.41) is 3.42. The highest BCUT2D eigenvalue weighted by molar-refractivity contribution is 5.55. The molecular weight excluding hydrogens is 263 g/mol. The summed E-state index contributed by atoms with van der Waals surface area (Å²) in [6.45, 7) is 1.00. The van der Waals surface area contributed by atoms with Crippen LogP contribution in [0.25, 0.3) is 6.08 Å². The maximum atomic E-state index is 12.9. The van der Waals surface area contributed by atoms with Gasteiger partial charge in [-0.15, -0.1) is 0 Å². The van der Waals surface area contributed by atoms with Crippen LogP contribution in [0, 0.1) is 11.8 Å². The molecule has 0 aromatic heterocycles. The van der Waals surface area contributed by atoms with Crippen molar-refractivity contribution in [1.29, 1.82) is 0 Å². The second-order valence-corrected chi connectivity index (χ2v) is 5.73. The average molecular weight is 281 g/mol. The Labute approximate surface area is 116 Å². The molecule has 1 aliphatic heterocycles. The largest absolute Gasteiger partial charge is 0.416 e. The molecule has 1 aromatic carbocycles. The van der Waals surface area contributed by atoms with Crippen LogP contribution in [0.1, 0.15) is 30.4 Å². The lowest BCUT2D eigenvalue weighted by molar-refractivity contribution is -0.137. The molecule has 0 amide bonds. The molecule has 3 atom stereocenters. The van der Waals surface area contributed by atoms with Gasteiger partial charge in [0.2, 0.25) is 0 Å². The molecule has 1 heterocycles. The van der Waals surface area contributed by atoms with E-state index in [9.17, 15) is 13.2 Å². The molecule has 1 saturated heterocycles. The third-order valence-corrected chi connectivity index (χ3v) is 4.54. The Balaban J connectivity index is 1.79.